The van der Waals surface area contributed by atoms with Crippen molar-refractivity contribution in [3.05, 3.63) is 95.7 Å². The zero-order chi connectivity index (χ0) is 19.5. The number of fused-ring (bicyclic) bond motifs is 1. The fourth-order valence-corrected chi connectivity index (χ4v) is 3.37. The Bertz CT molecular complexity index is 1160. The van der Waals surface area contributed by atoms with Crippen LogP contribution in [0.25, 0.3) is 22.0 Å². The molecule has 0 saturated heterocycles. The number of pyridine rings is 1. The molecule has 4 nitrogen and oxygen atoms in total. The highest BCUT2D eigenvalue weighted by Gasteiger charge is 2.10. The minimum atomic E-state index is -0.915. The number of carboxylic acid groups (broad SMARTS) is 1. The van der Waals surface area contributed by atoms with E-state index in [-0.39, 0.29) is 12.4 Å². The molecule has 4 aromatic rings. The molecule has 0 radical (unpaired) electrons. The number of rotatable bonds is 5. The van der Waals surface area contributed by atoms with Crippen LogP contribution in [0.5, 0.6) is 0 Å². The molecule has 146 valence electrons. The Hall–Kier alpha value is -3.37. The number of para-hydroxylation sites is 1. The average Bonchev–Trinajstić information content (AvgIpc) is 2.72. The second-order valence-corrected chi connectivity index (χ2v) is 6.73. The van der Waals surface area contributed by atoms with Crippen molar-refractivity contribution in [1.29, 1.82) is 0 Å². The lowest BCUT2D eigenvalue weighted by Gasteiger charge is -2.12. The highest BCUT2D eigenvalue weighted by atomic mass is 35.5. The van der Waals surface area contributed by atoms with Gasteiger partial charge in [0, 0.05) is 23.3 Å². The molecule has 1 aromatic heterocycles. The van der Waals surface area contributed by atoms with Gasteiger partial charge in [-0.15, -0.1) is 12.4 Å². The van der Waals surface area contributed by atoms with Gasteiger partial charge in [0.05, 0.1) is 11.1 Å². The lowest BCUT2D eigenvalue weighted by Crippen LogP contribution is -2.02. The van der Waals surface area contributed by atoms with Gasteiger partial charge >= 0.3 is 5.97 Å². The minimum absolute atomic E-state index is 0. The largest absolute Gasteiger partial charge is 0.478 e. The summed E-state index contributed by atoms with van der Waals surface area (Å²) in [5.41, 5.74) is 6.07. The van der Waals surface area contributed by atoms with E-state index >= 15 is 0 Å². The molecule has 2 N–H and O–H groups in total. The molecule has 29 heavy (non-hydrogen) atoms. The summed E-state index contributed by atoms with van der Waals surface area (Å²) in [4.78, 5) is 16.0. The van der Waals surface area contributed by atoms with Crippen LogP contribution in [0.1, 0.15) is 21.6 Å². The van der Waals surface area contributed by atoms with Gasteiger partial charge in [0.2, 0.25) is 0 Å². The molecule has 3 aromatic carbocycles. The van der Waals surface area contributed by atoms with Crippen LogP contribution >= 0.6 is 12.4 Å². The molecular weight excluding hydrogens is 384 g/mol. The summed E-state index contributed by atoms with van der Waals surface area (Å²) in [7, 11) is 0. The van der Waals surface area contributed by atoms with Gasteiger partial charge in [-0.25, -0.2) is 4.79 Å². The summed E-state index contributed by atoms with van der Waals surface area (Å²) in [6, 6.07) is 25.2. The predicted octanol–water partition coefficient (Wildman–Crippen LogP) is 5.94. The van der Waals surface area contributed by atoms with Gasteiger partial charge in [0.1, 0.15) is 0 Å². The second-order valence-electron chi connectivity index (χ2n) is 6.73. The van der Waals surface area contributed by atoms with Crippen LogP contribution in [-0.2, 0) is 6.54 Å². The van der Waals surface area contributed by atoms with Gasteiger partial charge in [-0.2, -0.15) is 0 Å². The van der Waals surface area contributed by atoms with Crippen LogP contribution in [0.15, 0.2) is 78.9 Å². The van der Waals surface area contributed by atoms with Crippen LogP contribution in [0.3, 0.4) is 0 Å². The monoisotopic (exact) mass is 404 g/mol. The first-order chi connectivity index (χ1) is 13.6. The van der Waals surface area contributed by atoms with Gasteiger partial charge in [0.25, 0.3) is 0 Å². The number of hydrogen-bond donors (Lipinski definition) is 2. The fraction of sp³-hybridized carbons (Fsp3) is 0.0833. The van der Waals surface area contributed by atoms with E-state index in [9.17, 15) is 9.90 Å². The van der Waals surface area contributed by atoms with Crippen molar-refractivity contribution < 1.29 is 9.90 Å². The van der Waals surface area contributed by atoms with Gasteiger partial charge < -0.3 is 10.4 Å². The van der Waals surface area contributed by atoms with E-state index in [0.29, 0.717) is 12.1 Å². The minimum Gasteiger partial charge on any atom is -0.478 e. The molecule has 0 aliphatic carbocycles. The van der Waals surface area contributed by atoms with Crippen molar-refractivity contribution in [2.45, 2.75) is 13.5 Å². The first-order valence-electron chi connectivity index (χ1n) is 9.14. The van der Waals surface area contributed by atoms with E-state index in [1.54, 1.807) is 12.1 Å². The van der Waals surface area contributed by atoms with Crippen molar-refractivity contribution in [2.75, 3.05) is 5.32 Å². The maximum atomic E-state index is 11.4. The van der Waals surface area contributed by atoms with Gasteiger partial charge in [-0.3, -0.25) is 4.98 Å². The number of halogens is 1. The highest BCUT2D eigenvalue weighted by molar-refractivity contribution is 5.96. The third kappa shape index (κ3) is 4.39. The Labute approximate surface area is 175 Å². The molecule has 0 aliphatic heterocycles. The fourth-order valence-electron chi connectivity index (χ4n) is 3.37. The first-order valence-corrected chi connectivity index (χ1v) is 9.14. The number of carbonyl (C=O) groups is 1. The number of aryl methyl sites for hydroxylation is 1. The summed E-state index contributed by atoms with van der Waals surface area (Å²) in [6.07, 6.45) is 0. The van der Waals surface area contributed by atoms with Crippen molar-refractivity contribution in [3.63, 3.8) is 0 Å². The molecular formula is C24H21ClN2O2. The normalized spacial score (nSPS) is 10.4. The number of carboxylic acids is 1. The molecule has 0 amide bonds. The number of hydrogen-bond acceptors (Lipinski definition) is 3. The van der Waals surface area contributed by atoms with Crippen molar-refractivity contribution >= 4 is 35.0 Å². The molecule has 0 bridgehead atoms. The maximum absolute atomic E-state index is 11.4. The highest BCUT2D eigenvalue weighted by Crippen LogP contribution is 2.26. The average molecular weight is 405 g/mol. The van der Waals surface area contributed by atoms with Crippen LogP contribution < -0.4 is 5.32 Å². The van der Waals surface area contributed by atoms with Crippen LogP contribution in [0.2, 0.25) is 0 Å². The third-order valence-electron chi connectivity index (χ3n) is 4.75. The molecule has 4 rings (SSSR count). The number of nitrogens with one attached hydrogen (secondary N) is 1. The van der Waals surface area contributed by atoms with Crippen molar-refractivity contribution in [2.24, 2.45) is 0 Å². The quantitative estimate of drug-likeness (QED) is 0.432. The van der Waals surface area contributed by atoms with Gasteiger partial charge in [-0.1, -0.05) is 60.7 Å². The number of nitrogens with zero attached hydrogens (tertiary/aromatic N) is 1. The summed E-state index contributed by atoms with van der Waals surface area (Å²) in [5, 5.41) is 14.0. The lowest BCUT2D eigenvalue weighted by molar-refractivity contribution is 0.0697. The summed E-state index contributed by atoms with van der Waals surface area (Å²) >= 11 is 0. The smallest absolute Gasteiger partial charge is 0.336 e. The number of aromatic nitrogens is 1. The summed E-state index contributed by atoms with van der Waals surface area (Å²) < 4.78 is 0. The molecule has 0 fully saturated rings. The third-order valence-corrected chi connectivity index (χ3v) is 4.75. The van der Waals surface area contributed by atoms with E-state index in [1.807, 2.05) is 61.5 Å². The summed E-state index contributed by atoms with van der Waals surface area (Å²) in [5.74, 6) is -0.915. The topological polar surface area (TPSA) is 62.2 Å². The number of aromatic carboxylic acids is 1. The van der Waals surface area contributed by atoms with Crippen molar-refractivity contribution in [1.82, 2.24) is 4.98 Å². The maximum Gasteiger partial charge on any atom is 0.336 e. The number of anilines is 1. The van der Waals surface area contributed by atoms with Gasteiger partial charge in [-0.05, 0) is 41.8 Å². The van der Waals surface area contributed by atoms with Crippen molar-refractivity contribution in [3.8, 4) is 11.1 Å². The first kappa shape index (κ1) is 20.4. The Morgan fingerprint density at radius 3 is 2.41 bits per heavy atom. The Morgan fingerprint density at radius 2 is 1.66 bits per heavy atom. The van der Waals surface area contributed by atoms with E-state index in [1.165, 1.54) is 0 Å². The summed E-state index contributed by atoms with van der Waals surface area (Å²) in [6.45, 7) is 2.67. The van der Waals surface area contributed by atoms with Gasteiger partial charge in [0.15, 0.2) is 0 Å². The number of benzene rings is 3. The van der Waals surface area contributed by atoms with E-state index < -0.39 is 5.97 Å². The van der Waals surface area contributed by atoms with Crippen LogP contribution in [-0.4, -0.2) is 16.1 Å². The lowest BCUT2D eigenvalue weighted by atomic mass is 9.99. The molecule has 0 aliphatic rings. The zero-order valence-corrected chi connectivity index (χ0v) is 16.7. The SMILES string of the molecule is Cc1cc(NCc2ccc(-c3ccccc3C(=O)O)cc2)c2ccccc2n1.Cl. The van der Waals surface area contributed by atoms with E-state index in [2.05, 4.69) is 22.4 Å². The predicted molar refractivity (Wildman–Crippen MR) is 120 cm³/mol. The van der Waals surface area contributed by atoms with E-state index in [0.717, 1.165) is 39.0 Å². The molecule has 0 saturated carbocycles. The standard InChI is InChI=1S/C24H20N2O2.ClH/c1-16-14-23(21-8-4-5-9-22(21)26-16)25-15-17-10-12-18(13-11-17)19-6-2-3-7-20(19)24(27)28;/h2-14H,15H2,1H3,(H,25,26)(H,27,28);1H. The zero-order valence-electron chi connectivity index (χ0n) is 15.9. The second kappa shape index (κ2) is 8.76. The van der Waals surface area contributed by atoms with Crippen LogP contribution in [0, 0.1) is 6.92 Å². The molecule has 1 heterocycles. The van der Waals surface area contributed by atoms with Crippen LogP contribution in [0.4, 0.5) is 5.69 Å². The molecule has 0 spiro atoms. The molecule has 0 atom stereocenters. The Morgan fingerprint density at radius 1 is 0.966 bits per heavy atom. The van der Waals surface area contributed by atoms with E-state index in [4.69, 9.17) is 0 Å². The molecule has 5 heteroatoms. The Kier molecular flexibility index (Phi) is 6.15. The molecule has 0 unspecified atom stereocenters. The Balaban J connectivity index is 0.00000240.